The standard InChI is InChI=1S/C30H29F2NO.ClH/c31-26-12-8-23(9-13-26)30(24-10-14-27(32)15-11-24)25-16-18-33(19-17-25)20-21-34-29-7-3-5-22-4-1-2-6-28(22)29;/h1-15,25,30H,16-21H2;1H. The maximum absolute atomic E-state index is 13.6. The summed E-state index contributed by atoms with van der Waals surface area (Å²) in [6.07, 6.45) is 2.07. The number of hydrogen-bond donors (Lipinski definition) is 0. The van der Waals surface area contributed by atoms with Gasteiger partial charge in [0, 0.05) is 17.8 Å². The van der Waals surface area contributed by atoms with Gasteiger partial charge in [-0.05, 0) is 78.7 Å². The highest BCUT2D eigenvalue weighted by Crippen LogP contribution is 2.38. The van der Waals surface area contributed by atoms with Gasteiger partial charge in [-0.15, -0.1) is 12.4 Å². The molecule has 0 aliphatic carbocycles. The molecule has 182 valence electrons. The first kappa shape index (κ1) is 25.2. The van der Waals surface area contributed by atoms with E-state index in [0.717, 1.165) is 54.7 Å². The first-order chi connectivity index (χ1) is 16.7. The normalized spacial score (nSPS) is 14.7. The molecule has 5 rings (SSSR count). The lowest BCUT2D eigenvalue weighted by atomic mass is 9.76. The van der Waals surface area contributed by atoms with Gasteiger partial charge in [0.1, 0.15) is 24.0 Å². The SMILES string of the molecule is Cl.Fc1ccc(C(c2ccc(F)cc2)C2CCN(CCOc3cccc4ccccc34)CC2)cc1. The number of likely N-dealkylation sites (tertiary alicyclic amines) is 1. The minimum atomic E-state index is -0.234. The van der Waals surface area contributed by atoms with Gasteiger partial charge in [0.15, 0.2) is 0 Å². The first-order valence-electron chi connectivity index (χ1n) is 12.0. The average Bonchev–Trinajstić information content (AvgIpc) is 2.87. The maximum atomic E-state index is 13.6. The van der Waals surface area contributed by atoms with Crippen LogP contribution in [0.15, 0.2) is 91.0 Å². The van der Waals surface area contributed by atoms with Gasteiger partial charge in [0.2, 0.25) is 0 Å². The Kier molecular flexibility index (Phi) is 8.37. The highest BCUT2D eigenvalue weighted by molar-refractivity contribution is 5.88. The molecule has 1 fully saturated rings. The Morgan fingerprint density at radius 2 is 1.31 bits per heavy atom. The number of piperidine rings is 1. The number of hydrogen-bond acceptors (Lipinski definition) is 2. The fraction of sp³-hybridized carbons (Fsp3) is 0.267. The lowest BCUT2D eigenvalue weighted by molar-refractivity contribution is 0.149. The van der Waals surface area contributed by atoms with Crippen LogP contribution in [-0.2, 0) is 0 Å². The molecule has 0 saturated carbocycles. The fourth-order valence-corrected chi connectivity index (χ4v) is 5.19. The molecule has 1 saturated heterocycles. The summed E-state index contributed by atoms with van der Waals surface area (Å²) in [7, 11) is 0. The summed E-state index contributed by atoms with van der Waals surface area (Å²) in [4.78, 5) is 2.45. The predicted molar refractivity (Wildman–Crippen MR) is 140 cm³/mol. The van der Waals surface area contributed by atoms with E-state index in [2.05, 4.69) is 23.1 Å². The molecule has 0 atom stereocenters. The van der Waals surface area contributed by atoms with Gasteiger partial charge in [-0.3, -0.25) is 4.90 Å². The molecule has 0 aromatic heterocycles. The molecule has 4 aromatic carbocycles. The number of nitrogens with zero attached hydrogens (tertiary/aromatic N) is 1. The molecule has 5 heteroatoms. The first-order valence-corrected chi connectivity index (χ1v) is 12.0. The van der Waals surface area contributed by atoms with Gasteiger partial charge in [0.05, 0.1) is 0 Å². The Bertz CT molecular complexity index is 1170. The molecule has 1 heterocycles. The van der Waals surface area contributed by atoms with E-state index in [1.807, 2.05) is 48.5 Å². The molecule has 0 N–H and O–H groups in total. The maximum Gasteiger partial charge on any atom is 0.127 e. The third kappa shape index (κ3) is 6.01. The second kappa shape index (κ2) is 11.7. The van der Waals surface area contributed by atoms with Crippen molar-refractivity contribution in [1.29, 1.82) is 0 Å². The summed E-state index contributed by atoms with van der Waals surface area (Å²) in [5.41, 5.74) is 2.18. The zero-order chi connectivity index (χ0) is 23.3. The smallest absolute Gasteiger partial charge is 0.127 e. The van der Waals surface area contributed by atoms with Crippen LogP contribution in [-0.4, -0.2) is 31.1 Å². The van der Waals surface area contributed by atoms with Crippen molar-refractivity contribution in [1.82, 2.24) is 4.90 Å². The summed E-state index contributed by atoms with van der Waals surface area (Å²) in [5.74, 6) is 1.02. The minimum absolute atomic E-state index is 0. The van der Waals surface area contributed by atoms with E-state index >= 15 is 0 Å². The number of benzene rings is 4. The van der Waals surface area contributed by atoms with Gasteiger partial charge < -0.3 is 4.74 Å². The minimum Gasteiger partial charge on any atom is -0.492 e. The van der Waals surface area contributed by atoms with E-state index < -0.39 is 0 Å². The molecule has 0 amide bonds. The average molecular weight is 494 g/mol. The fourth-order valence-electron chi connectivity index (χ4n) is 5.19. The van der Waals surface area contributed by atoms with Crippen LogP contribution in [0.1, 0.15) is 29.9 Å². The van der Waals surface area contributed by atoms with Crippen molar-refractivity contribution >= 4 is 23.2 Å². The Morgan fingerprint density at radius 1 is 0.743 bits per heavy atom. The van der Waals surface area contributed by atoms with E-state index in [4.69, 9.17) is 4.74 Å². The third-order valence-corrected chi connectivity index (χ3v) is 6.98. The molecule has 1 aliphatic rings. The van der Waals surface area contributed by atoms with Gasteiger partial charge in [0.25, 0.3) is 0 Å². The molecule has 35 heavy (non-hydrogen) atoms. The van der Waals surface area contributed by atoms with Crippen molar-refractivity contribution in [3.63, 3.8) is 0 Å². The lowest BCUT2D eigenvalue weighted by Gasteiger charge is -2.36. The molecule has 2 nitrogen and oxygen atoms in total. The highest BCUT2D eigenvalue weighted by atomic mass is 35.5. The van der Waals surface area contributed by atoms with Crippen LogP contribution in [0.5, 0.6) is 5.75 Å². The van der Waals surface area contributed by atoms with E-state index in [9.17, 15) is 8.78 Å². The summed E-state index contributed by atoms with van der Waals surface area (Å²) < 4.78 is 33.3. The molecule has 1 aliphatic heterocycles. The molecule has 4 aromatic rings. The van der Waals surface area contributed by atoms with Crippen LogP contribution >= 0.6 is 12.4 Å². The molecular formula is C30H30ClF2NO. The molecular weight excluding hydrogens is 464 g/mol. The number of ether oxygens (including phenoxy) is 1. The molecule has 0 radical (unpaired) electrons. The van der Waals surface area contributed by atoms with E-state index in [0.29, 0.717) is 12.5 Å². The van der Waals surface area contributed by atoms with Crippen molar-refractivity contribution in [2.45, 2.75) is 18.8 Å². The summed E-state index contributed by atoms with van der Waals surface area (Å²) in [6.45, 7) is 3.51. The third-order valence-electron chi connectivity index (χ3n) is 6.98. The van der Waals surface area contributed by atoms with Crippen LogP contribution in [0.3, 0.4) is 0 Å². The van der Waals surface area contributed by atoms with Crippen LogP contribution in [0.4, 0.5) is 8.78 Å². The zero-order valence-electron chi connectivity index (χ0n) is 19.6. The second-order valence-corrected chi connectivity index (χ2v) is 9.09. The van der Waals surface area contributed by atoms with Crippen molar-refractivity contribution in [3.8, 4) is 5.75 Å². The second-order valence-electron chi connectivity index (χ2n) is 9.09. The molecule has 0 unspecified atom stereocenters. The predicted octanol–water partition coefficient (Wildman–Crippen LogP) is 7.46. The van der Waals surface area contributed by atoms with Crippen molar-refractivity contribution < 1.29 is 13.5 Å². The Morgan fingerprint density at radius 3 is 1.94 bits per heavy atom. The topological polar surface area (TPSA) is 12.5 Å². The van der Waals surface area contributed by atoms with Crippen LogP contribution in [0, 0.1) is 17.6 Å². The number of fused-ring (bicyclic) bond motifs is 1. The van der Waals surface area contributed by atoms with Crippen LogP contribution in [0.25, 0.3) is 10.8 Å². The Labute approximate surface area is 211 Å². The Hall–Kier alpha value is -2.95. The summed E-state index contributed by atoms with van der Waals surface area (Å²) in [6, 6.07) is 28.0. The van der Waals surface area contributed by atoms with Crippen LogP contribution in [0.2, 0.25) is 0 Å². The molecule has 0 spiro atoms. The quantitative estimate of drug-likeness (QED) is 0.265. The summed E-state index contributed by atoms with van der Waals surface area (Å²) >= 11 is 0. The highest BCUT2D eigenvalue weighted by Gasteiger charge is 2.29. The van der Waals surface area contributed by atoms with E-state index in [1.165, 1.54) is 29.7 Å². The van der Waals surface area contributed by atoms with Gasteiger partial charge >= 0.3 is 0 Å². The number of rotatable bonds is 7. The van der Waals surface area contributed by atoms with Gasteiger partial charge in [-0.25, -0.2) is 8.78 Å². The van der Waals surface area contributed by atoms with E-state index in [-0.39, 0.29) is 30.0 Å². The van der Waals surface area contributed by atoms with E-state index in [1.54, 1.807) is 0 Å². The lowest BCUT2D eigenvalue weighted by Crippen LogP contribution is -2.38. The summed E-state index contributed by atoms with van der Waals surface area (Å²) in [5, 5.41) is 2.33. The van der Waals surface area contributed by atoms with Gasteiger partial charge in [-0.2, -0.15) is 0 Å². The van der Waals surface area contributed by atoms with Crippen molar-refractivity contribution in [2.24, 2.45) is 5.92 Å². The van der Waals surface area contributed by atoms with Crippen molar-refractivity contribution in [3.05, 3.63) is 114 Å². The van der Waals surface area contributed by atoms with Crippen molar-refractivity contribution in [2.75, 3.05) is 26.2 Å². The molecule has 0 bridgehead atoms. The zero-order valence-corrected chi connectivity index (χ0v) is 20.4. The van der Waals surface area contributed by atoms with Crippen LogP contribution < -0.4 is 4.74 Å². The Balaban J connectivity index is 0.00000289. The monoisotopic (exact) mass is 493 g/mol. The largest absolute Gasteiger partial charge is 0.492 e. The number of halogens is 3. The van der Waals surface area contributed by atoms with Gasteiger partial charge in [-0.1, -0.05) is 60.7 Å².